The molecule has 1 aliphatic rings. The zero-order chi connectivity index (χ0) is 11.0. The predicted molar refractivity (Wildman–Crippen MR) is 65.3 cm³/mol. The van der Waals surface area contributed by atoms with Gasteiger partial charge in [-0.1, -0.05) is 0 Å². The van der Waals surface area contributed by atoms with Crippen molar-refractivity contribution >= 4 is 16.7 Å². The van der Waals surface area contributed by atoms with Crippen LogP contribution in [0.1, 0.15) is 19.3 Å². The Balaban J connectivity index is 1.83. The van der Waals surface area contributed by atoms with E-state index in [1.165, 1.54) is 12.8 Å². The number of anilines is 1. The molecule has 1 heterocycles. The van der Waals surface area contributed by atoms with E-state index in [4.69, 9.17) is 5.73 Å². The molecule has 1 fully saturated rings. The van der Waals surface area contributed by atoms with Gasteiger partial charge in [0.05, 0.1) is 17.4 Å². The Morgan fingerprint density at radius 3 is 3.12 bits per heavy atom. The topological polar surface area (TPSA) is 66.7 Å². The predicted octanol–water partition coefficient (Wildman–Crippen LogP) is 1.85. The largest absolute Gasteiger partial charge is 0.381 e. The number of nitrogens with one attached hydrogen (secondary N) is 2. The molecule has 1 aromatic heterocycles. The third-order valence-corrected chi connectivity index (χ3v) is 3.34. The summed E-state index contributed by atoms with van der Waals surface area (Å²) in [5, 5.41) is 3.50. The molecule has 0 aliphatic heterocycles. The van der Waals surface area contributed by atoms with Crippen LogP contribution in [0.2, 0.25) is 0 Å². The van der Waals surface area contributed by atoms with Crippen LogP contribution in [0, 0.1) is 0 Å². The number of rotatable bonds is 2. The molecule has 3 rings (SSSR count). The Morgan fingerprint density at radius 1 is 1.38 bits per heavy atom. The highest BCUT2D eigenvalue weighted by Crippen LogP contribution is 2.23. The van der Waals surface area contributed by atoms with Crippen molar-refractivity contribution in [2.75, 3.05) is 5.32 Å². The van der Waals surface area contributed by atoms with Gasteiger partial charge in [0, 0.05) is 17.8 Å². The fraction of sp³-hybridized carbons (Fsp3) is 0.417. The maximum absolute atomic E-state index is 6.04. The summed E-state index contributed by atoms with van der Waals surface area (Å²) in [6.45, 7) is 0. The normalized spacial score (nSPS) is 25.1. The van der Waals surface area contributed by atoms with Crippen LogP contribution in [-0.4, -0.2) is 22.1 Å². The standard InChI is InChI=1S/C12H16N4/c13-9-2-1-3-10(9)16-8-4-5-11-12(6-8)15-7-14-11/h4-7,9-10,16H,1-3,13H2,(H,14,15). The lowest BCUT2D eigenvalue weighted by molar-refractivity contribution is 0.638. The van der Waals surface area contributed by atoms with Crippen molar-refractivity contribution in [2.24, 2.45) is 5.73 Å². The van der Waals surface area contributed by atoms with Crippen molar-refractivity contribution in [3.05, 3.63) is 24.5 Å². The van der Waals surface area contributed by atoms with Crippen molar-refractivity contribution in [1.82, 2.24) is 9.97 Å². The summed E-state index contributed by atoms with van der Waals surface area (Å²) in [6.07, 6.45) is 5.24. The van der Waals surface area contributed by atoms with E-state index in [2.05, 4.69) is 27.4 Å². The van der Waals surface area contributed by atoms with Crippen LogP contribution < -0.4 is 11.1 Å². The van der Waals surface area contributed by atoms with E-state index in [-0.39, 0.29) is 6.04 Å². The summed E-state index contributed by atoms with van der Waals surface area (Å²) in [5.41, 5.74) is 9.23. The molecule has 1 aliphatic carbocycles. The van der Waals surface area contributed by atoms with Crippen molar-refractivity contribution in [1.29, 1.82) is 0 Å². The SMILES string of the molecule is NC1CCCC1Nc1ccc2nc[nH]c2c1. The van der Waals surface area contributed by atoms with Gasteiger partial charge in [0.15, 0.2) is 0 Å². The summed E-state index contributed by atoms with van der Waals surface area (Å²) in [4.78, 5) is 7.31. The van der Waals surface area contributed by atoms with Crippen LogP contribution in [0.3, 0.4) is 0 Å². The van der Waals surface area contributed by atoms with Crippen molar-refractivity contribution in [2.45, 2.75) is 31.3 Å². The van der Waals surface area contributed by atoms with E-state index in [1.54, 1.807) is 6.33 Å². The molecular weight excluding hydrogens is 200 g/mol. The van der Waals surface area contributed by atoms with Crippen molar-refractivity contribution < 1.29 is 0 Å². The second-order valence-electron chi connectivity index (χ2n) is 4.48. The summed E-state index contributed by atoms with van der Waals surface area (Å²) in [7, 11) is 0. The van der Waals surface area contributed by atoms with Gasteiger partial charge in [-0.15, -0.1) is 0 Å². The van der Waals surface area contributed by atoms with Gasteiger partial charge in [0.2, 0.25) is 0 Å². The Morgan fingerprint density at radius 2 is 2.31 bits per heavy atom. The minimum atomic E-state index is 0.289. The lowest BCUT2D eigenvalue weighted by Crippen LogP contribution is -2.35. The highest BCUT2D eigenvalue weighted by molar-refractivity contribution is 5.78. The number of aromatic nitrogens is 2. The number of fused-ring (bicyclic) bond motifs is 1. The molecule has 84 valence electrons. The van der Waals surface area contributed by atoms with Gasteiger partial charge >= 0.3 is 0 Å². The van der Waals surface area contributed by atoms with E-state index in [0.29, 0.717) is 6.04 Å². The summed E-state index contributed by atoms with van der Waals surface area (Å²) >= 11 is 0. The summed E-state index contributed by atoms with van der Waals surface area (Å²) in [6, 6.07) is 6.88. The molecule has 1 aromatic carbocycles. The minimum Gasteiger partial charge on any atom is -0.381 e. The molecule has 2 atom stereocenters. The van der Waals surface area contributed by atoms with Crippen LogP contribution in [0.25, 0.3) is 11.0 Å². The van der Waals surface area contributed by atoms with Crippen molar-refractivity contribution in [3.63, 3.8) is 0 Å². The first-order valence-electron chi connectivity index (χ1n) is 5.78. The van der Waals surface area contributed by atoms with E-state index >= 15 is 0 Å². The van der Waals surface area contributed by atoms with Gasteiger partial charge in [-0.2, -0.15) is 0 Å². The first-order chi connectivity index (χ1) is 7.83. The average molecular weight is 216 g/mol. The highest BCUT2D eigenvalue weighted by atomic mass is 15.0. The quantitative estimate of drug-likeness (QED) is 0.717. The molecule has 2 unspecified atom stereocenters. The monoisotopic (exact) mass is 216 g/mol. The molecule has 0 saturated heterocycles. The molecule has 0 spiro atoms. The van der Waals surface area contributed by atoms with E-state index in [0.717, 1.165) is 23.1 Å². The molecule has 0 radical (unpaired) electrons. The van der Waals surface area contributed by atoms with Crippen LogP contribution in [-0.2, 0) is 0 Å². The second-order valence-corrected chi connectivity index (χ2v) is 4.48. The first-order valence-corrected chi connectivity index (χ1v) is 5.78. The molecule has 1 saturated carbocycles. The highest BCUT2D eigenvalue weighted by Gasteiger charge is 2.23. The Labute approximate surface area is 94.3 Å². The van der Waals surface area contributed by atoms with Gasteiger partial charge in [0.1, 0.15) is 0 Å². The number of imidazole rings is 1. The molecule has 16 heavy (non-hydrogen) atoms. The fourth-order valence-corrected chi connectivity index (χ4v) is 2.41. The van der Waals surface area contributed by atoms with E-state index in [9.17, 15) is 0 Å². The van der Waals surface area contributed by atoms with Gasteiger partial charge in [0.25, 0.3) is 0 Å². The number of benzene rings is 1. The number of aromatic amines is 1. The zero-order valence-electron chi connectivity index (χ0n) is 9.11. The lowest BCUT2D eigenvalue weighted by Gasteiger charge is -2.18. The van der Waals surface area contributed by atoms with Crippen LogP contribution in [0.5, 0.6) is 0 Å². The van der Waals surface area contributed by atoms with Gasteiger partial charge < -0.3 is 16.0 Å². The Bertz CT molecular complexity index is 490. The molecule has 0 amide bonds. The van der Waals surface area contributed by atoms with Crippen LogP contribution >= 0.6 is 0 Å². The third kappa shape index (κ3) is 1.65. The van der Waals surface area contributed by atoms with E-state index < -0.39 is 0 Å². The van der Waals surface area contributed by atoms with Gasteiger partial charge in [-0.25, -0.2) is 4.98 Å². The average Bonchev–Trinajstić information content (AvgIpc) is 2.88. The number of hydrogen-bond donors (Lipinski definition) is 3. The number of nitrogens with two attached hydrogens (primary N) is 1. The smallest absolute Gasteiger partial charge is 0.0931 e. The van der Waals surface area contributed by atoms with Gasteiger partial charge in [-0.05, 0) is 37.5 Å². The minimum absolute atomic E-state index is 0.289. The molecule has 2 aromatic rings. The van der Waals surface area contributed by atoms with Crippen LogP contribution in [0.4, 0.5) is 5.69 Å². The summed E-state index contributed by atoms with van der Waals surface area (Å²) in [5.74, 6) is 0. The molecule has 0 bridgehead atoms. The Kier molecular flexibility index (Phi) is 2.29. The molecule has 4 N–H and O–H groups in total. The second kappa shape index (κ2) is 3.79. The Hall–Kier alpha value is -1.55. The number of H-pyrrole nitrogens is 1. The molecule has 4 nitrogen and oxygen atoms in total. The number of hydrogen-bond acceptors (Lipinski definition) is 3. The van der Waals surface area contributed by atoms with Crippen molar-refractivity contribution in [3.8, 4) is 0 Å². The fourth-order valence-electron chi connectivity index (χ4n) is 2.41. The third-order valence-electron chi connectivity index (χ3n) is 3.34. The summed E-state index contributed by atoms with van der Waals surface area (Å²) < 4.78 is 0. The van der Waals surface area contributed by atoms with E-state index in [1.807, 2.05) is 6.07 Å². The molecule has 4 heteroatoms. The lowest BCUT2D eigenvalue weighted by atomic mass is 10.1. The number of nitrogens with zero attached hydrogens (tertiary/aromatic N) is 1. The van der Waals surface area contributed by atoms with Gasteiger partial charge in [-0.3, -0.25) is 0 Å². The van der Waals surface area contributed by atoms with Crippen LogP contribution in [0.15, 0.2) is 24.5 Å². The maximum Gasteiger partial charge on any atom is 0.0931 e. The maximum atomic E-state index is 6.04. The first kappa shape index (κ1) is 9.66. The molecular formula is C12H16N4. The zero-order valence-corrected chi connectivity index (χ0v) is 9.11.